The van der Waals surface area contributed by atoms with Crippen molar-refractivity contribution in [1.29, 1.82) is 0 Å². The van der Waals surface area contributed by atoms with Gasteiger partial charge in [0.15, 0.2) is 0 Å². The van der Waals surface area contributed by atoms with Crippen molar-refractivity contribution in [3.05, 3.63) is 65.7 Å². The Balaban J connectivity index is 1.64. The Morgan fingerprint density at radius 1 is 1.00 bits per heavy atom. The molecule has 0 spiro atoms. The topological polar surface area (TPSA) is 84.0 Å². The lowest BCUT2D eigenvalue weighted by atomic mass is 10.0. The summed E-state index contributed by atoms with van der Waals surface area (Å²) in [6, 6.07) is 16.8. The number of hydrogen-bond acceptors (Lipinski definition) is 5. The highest BCUT2D eigenvalue weighted by atomic mass is 32.1. The van der Waals surface area contributed by atoms with E-state index in [9.17, 15) is 9.59 Å². The summed E-state index contributed by atoms with van der Waals surface area (Å²) in [4.78, 5) is 25.1. The Hall–Kier alpha value is -3.06. The zero-order chi connectivity index (χ0) is 20.8. The van der Waals surface area contributed by atoms with Crippen LogP contribution in [0, 0.1) is 12.8 Å². The summed E-state index contributed by atoms with van der Waals surface area (Å²) >= 11 is 1.30. The molecular weight excluding hydrogens is 384 g/mol. The van der Waals surface area contributed by atoms with E-state index in [1.807, 2.05) is 75.4 Å². The van der Waals surface area contributed by atoms with Gasteiger partial charge in [-0.1, -0.05) is 85.3 Å². The van der Waals surface area contributed by atoms with Crippen molar-refractivity contribution >= 4 is 28.3 Å². The number of hydrogen-bond donors (Lipinski definition) is 2. The Morgan fingerprint density at radius 2 is 1.69 bits per heavy atom. The highest BCUT2D eigenvalue weighted by molar-refractivity contribution is 7.18. The third-order valence-electron chi connectivity index (χ3n) is 4.43. The Bertz CT molecular complexity index is 968. The van der Waals surface area contributed by atoms with Gasteiger partial charge in [0.25, 0.3) is 0 Å². The SMILES string of the molecule is Cc1ccc(-c2nnc(NC(=O)C(NC(=O)Cc3ccccc3)C(C)C)s2)cc1. The molecule has 0 fully saturated rings. The first kappa shape index (κ1) is 20.7. The molecule has 29 heavy (non-hydrogen) atoms. The average molecular weight is 409 g/mol. The number of carbonyl (C=O) groups is 2. The van der Waals surface area contributed by atoms with Crippen molar-refractivity contribution in [3.63, 3.8) is 0 Å². The van der Waals surface area contributed by atoms with Gasteiger partial charge >= 0.3 is 0 Å². The van der Waals surface area contributed by atoms with Crippen molar-refractivity contribution in [2.45, 2.75) is 33.2 Å². The molecule has 2 N–H and O–H groups in total. The first-order chi connectivity index (χ1) is 13.9. The van der Waals surface area contributed by atoms with Crippen LogP contribution in [0.25, 0.3) is 10.6 Å². The molecular formula is C22H24N4O2S. The number of amides is 2. The zero-order valence-electron chi connectivity index (χ0n) is 16.7. The Labute approximate surface area is 174 Å². The van der Waals surface area contributed by atoms with E-state index < -0.39 is 6.04 Å². The van der Waals surface area contributed by atoms with Gasteiger partial charge in [-0.25, -0.2) is 0 Å². The van der Waals surface area contributed by atoms with Gasteiger partial charge in [-0.05, 0) is 18.4 Å². The fourth-order valence-corrected chi connectivity index (χ4v) is 3.56. The first-order valence-electron chi connectivity index (χ1n) is 9.47. The molecule has 3 aromatic rings. The summed E-state index contributed by atoms with van der Waals surface area (Å²) in [5.41, 5.74) is 3.02. The lowest BCUT2D eigenvalue weighted by Gasteiger charge is -2.21. The standard InChI is InChI=1S/C22H24N4O2S/c1-14(2)19(23-18(27)13-16-7-5-4-6-8-16)20(28)24-22-26-25-21(29-22)17-11-9-15(3)10-12-17/h4-12,14,19H,13H2,1-3H3,(H,23,27)(H,24,26,28). The number of anilines is 1. The second-order valence-electron chi connectivity index (χ2n) is 7.22. The third kappa shape index (κ3) is 5.71. The van der Waals surface area contributed by atoms with E-state index >= 15 is 0 Å². The lowest BCUT2D eigenvalue weighted by Crippen LogP contribution is -2.47. The minimum Gasteiger partial charge on any atom is -0.344 e. The molecule has 0 aliphatic rings. The van der Waals surface area contributed by atoms with Crippen LogP contribution in [0.1, 0.15) is 25.0 Å². The van der Waals surface area contributed by atoms with Crippen LogP contribution >= 0.6 is 11.3 Å². The molecule has 0 saturated heterocycles. The van der Waals surface area contributed by atoms with Crippen LogP contribution in [0.5, 0.6) is 0 Å². The van der Waals surface area contributed by atoms with E-state index in [-0.39, 0.29) is 24.2 Å². The molecule has 1 atom stereocenters. The van der Waals surface area contributed by atoms with Gasteiger partial charge in [0.05, 0.1) is 6.42 Å². The monoisotopic (exact) mass is 408 g/mol. The van der Waals surface area contributed by atoms with Crippen LogP contribution < -0.4 is 10.6 Å². The number of rotatable bonds is 7. The second kappa shape index (κ2) is 9.43. The van der Waals surface area contributed by atoms with E-state index in [0.717, 1.165) is 21.7 Å². The summed E-state index contributed by atoms with van der Waals surface area (Å²) < 4.78 is 0. The van der Waals surface area contributed by atoms with Gasteiger partial charge < -0.3 is 5.32 Å². The normalized spacial score (nSPS) is 11.9. The fraction of sp³-hybridized carbons (Fsp3) is 0.273. The molecule has 1 unspecified atom stereocenters. The molecule has 7 heteroatoms. The molecule has 0 aliphatic carbocycles. The number of carbonyl (C=O) groups excluding carboxylic acids is 2. The van der Waals surface area contributed by atoms with E-state index in [1.54, 1.807) is 0 Å². The highest BCUT2D eigenvalue weighted by Gasteiger charge is 2.25. The first-order valence-corrected chi connectivity index (χ1v) is 10.3. The fourth-order valence-electron chi connectivity index (χ4n) is 2.81. The molecule has 0 bridgehead atoms. The van der Waals surface area contributed by atoms with Crippen LogP contribution in [0.2, 0.25) is 0 Å². The maximum atomic E-state index is 12.7. The highest BCUT2D eigenvalue weighted by Crippen LogP contribution is 2.26. The van der Waals surface area contributed by atoms with Crippen molar-refractivity contribution in [2.75, 3.05) is 5.32 Å². The molecule has 6 nitrogen and oxygen atoms in total. The summed E-state index contributed by atoms with van der Waals surface area (Å²) in [7, 11) is 0. The van der Waals surface area contributed by atoms with Gasteiger partial charge in [0.2, 0.25) is 16.9 Å². The quantitative estimate of drug-likeness (QED) is 0.622. The van der Waals surface area contributed by atoms with Crippen molar-refractivity contribution < 1.29 is 9.59 Å². The molecule has 1 heterocycles. The predicted molar refractivity (Wildman–Crippen MR) is 116 cm³/mol. The molecule has 0 radical (unpaired) electrons. The smallest absolute Gasteiger partial charge is 0.249 e. The van der Waals surface area contributed by atoms with Crippen LogP contribution in [-0.4, -0.2) is 28.1 Å². The van der Waals surface area contributed by atoms with Gasteiger partial charge in [-0.2, -0.15) is 0 Å². The van der Waals surface area contributed by atoms with Crippen LogP contribution in [0.4, 0.5) is 5.13 Å². The van der Waals surface area contributed by atoms with Gasteiger partial charge in [-0.15, -0.1) is 10.2 Å². The second-order valence-corrected chi connectivity index (χ2v) is 8.20. The maximum absolute atomic E-state index is 12.7. The molecule has 1 aromatic heterocycles. The zero-order valence-corrected chi connectivity index (χ0v) is 17.5. The van der Waals surface area contributed by atoms with Gasteiger partial charge in [0, 0.05) is 5.56 Å². The van der Waals surface area contributed by atoms with Crippen molar-refractivity contribution in [1.82, 2.24) is 15.5 Å². The van der Waals surface area contributed by atoms with E-state index in [2.05, 4.69) is 20.8 Å². The number of aromatic nitrogens is 2. The molecule has 0 saturated carbocycles. The number of benzene rings is 2. The van der Waals surface area contributed by atoms with Crippen molar-refractivity contribution in [2.24, 2.45) is 5.92 Å². The molecule has 150 valence electrons. The van der Waals surface area contributed by atoms with Crippen LogP contribution in [0.15, 0.2) is 54.6 Å². The Kier molecular flexibility index (Phi) is 6.72. The summed E-state index contributed by atoms with van der Waals surface area (Å²) in [6.07, 6.45) is 0.230. The van der Waals surface area contributed by atoms with E-state index in [1.165, 1.54) is 11.3 Å². The summed E-state index contributed by atoms with van der Waals surface area (Å²) in [5, 5.41) is 15.0. The van der Waals surface area contributed by atoms with Crippen LogP contribution in [0.3, 0.4) is 0 Å². The summed E-state index contributed by atoms with van der Waals surface area (Å²) in [5.74, 6) is -0.560. The molecule has 2 amide bonds. The molecule has 3 rings (SSSR count). The van der Waals surface area contributed by atoms with E-state index in [4.69, 9.17) is 0 Å². The predicted octanol–water partition coefficient (Wildman–Crippen LogP) is 3.84. The van der Waals surface area contributed by atoms with Gasteiger partial charge in [-0.3, -0.25) is 14.9 Å². The van der Waals surface area contributed by atoms with Crippen LogP contribution in [-0.2, 0) is 16.0 Å². The minimum atomic E-state index is -0.655. The lowest BCUT2D eigenvalue weighted by molar-refractivity contribution is -0.127. The Morgan fingerprint density at radius 3 is 2.34 bits per heavy atom. The molecule has 2 aromatic carbocycles. The molecule has 0 aliphatic heterocycles. The summed E-state index contributed by atoms with van der Waals surface area (Å²) in [6.45, 7) is 5.81. The maximum Gasteiger partial charge on any atom is 0.249 e. The number of nitrogens with one attached hydrogen (secondary N) is 2. The van der Waals surface area contributed by atoms with E-state index in [0.29, 0.717) is 5.13 Å². The third-order valence-corrected chi connectivity index (χ3v) is 5.31. The number of aryl methyl sites for hydroxylation is 1. The van der Waals surface area contributed by atoms with Gasteiger partial charge in [0.1, 0.15) is 11.0 Å². The average Bonchev–Trinajstić information content (AvgIpc) is 3.15. The number of nitrogens with zero attached hydrogens (tertiary/aromatic N) is 2. The largest absolute Gasteiger partial charge is 0.344 e. The van der Waals surface area contributed by atoms with Crippen molar-refractivity contribution in [3.8, 4) is 10.6 Å². The minimum absolute atomic E-state index is 0.0702.